The van der Waals surface area contributed by atoms with E-state index in [4.69, 9.17) is 0 Å². The van der Waals surface area contributed by atoms with Gasteiger partial charge in [0.15, 0.2) is 5.69 Å². The maximum atomic E-state index is 11.8. The first-order chi connectivity index (χ1) is 8.16. The molecule has 0 aliphatic heterocycles. The average molecular weight is 229 g/mol. The lowest BCUT2D eigenvalue weighted by atomic mass is 10.3. The van der Waals surface area contributed by atoms with Gasteiger partial charge in [-0.15, -0.1) is 0 Å². The van der Waals surface area contributed by atoms with Gasteiger partial charge in [-0.2, -0.15) is 0 Å². The van der Waals surface area contributed by atoms with E-state index in [0.717, 1.165) is 5.69 Å². The number of hydrogen-bond acceptors (Lipinski definition) is 4. The fraction of sp³-hybridized carbons (Fsp3) is 0.0833. The van der Waals surface area contributed by atoms with Crippen LogP contribution in [0.3, 0.4) is 0 Å². The van der Waals surface area contributed by atoms with Crippen LogP contribution >= 0.6 is 0 Å². The summed E-state index contributed by atoms with van der Waals surface area (Å²) in [6, 6.07) is 6.49. The zero-order chi connectivity index (χ0) is 12.3. The number of aryl methyl sites for hydroxylation is 1. The molecule has 0 aromatic carbocycles. The average Bonchev–Trinajstić information content (AvgIpc) is 2.32. The first-order valence-corrected chi connectivity index (χ1v) is 5.05. The van der Waals surface area contributed by atoms with Gasteiger partial charge in [0, 0.05) is 11.9 Å². The molecule has 0 aliphatic rings. The van der Waals surface area contributed by atoms with Crippen molar-refractivity contribution >= 4 is 11.6 Å². The Hall–Kier alpha value is -2.43. The lowest BCUT2D eigenvalue weighted by molar-refractivity contribution is 0.101. The van der Waals surface area contributed by atoms with E-state index in [1.54, 1.807) is 24.4 Å². The lowest BCUT2D eigenvalue weighted by Crippen LogP contribution is -2.13. The molecule has 2 rings (SSSR count). The van der Waals surface area contributed by atoms with Gasteiger partial charge in [0.1, 0.15) is 5.75 Å². The van der Waals surface area contributed by atoms with Crippen molar-refractivity contribution in [1.82, 2.24) is 9.97 Å². The van der Waals surface area contributed by atoms with E-state index in [0.29, 0.717) is 5.69 Å². The Balaban J connectivity index is 2.17. The molecule has 1 amide bonds. The van der Waals surface area contributed by atoms with Crippen molar-refractivity contribution in [2.24, 2.45) is 0 Å². The van der Waals surface area contributed by atoms with Gasteiger partial charge >= 0.3 is 0 Å². The molecule has 0 aliphatic carbocycles. The number of nitrogens with zero attached hydrogens (tertiary/aromatic N) is 2. The minimum atomic E-state index is -0.464. The fourth-order valence-electron chi connectivity index (χ4n) is 1.30. The van der Waals surface area contributed by atoms with E-state index in [9.17, 15) is 9.90 Å². The minimum Gasteiger partial charge on any atom is -0.505 e. The molecule has 0 bridgehead atoms. The van der Waals surface area contributed by atoms with Gasteiger partial charge in [0.2, 0.25) is 0 Å². The highest BCUT2D eigenvalue weighted by atomic mass is 16.3. The van der Waals surface area contributed by atoms with Crippen molar-refractivity contribution in [3.63, 3.8) is 0 Å². The topological polar surface area (TPSA) is 75.1 Å². The SMILES string of the molecule is Cc1ccc(NC(=O)c2ncccc2O)cn1. The maximum Gasteiger partial charge on any atom is 0.278 e. The number of carbonyl (C=O) groups excluding carboxylic acids is 1. The van der Waals surface area contributed by atoms with Crippen LogP contribution in [0.5, 0.6) is 5.75 Å². The van der Waals surface area contributed by atoms with Crippen LogP contribution in [0, 0.1) is 6.92 Å². The Morgan fingerprint density at radius 3 is 2.76 bits per heavy atom. The van der Waals surface area contributed by atoms with Gasteiger partial charge < -0.3 is 10.4 Å². The Bertz CT molecular complexity index is 538. The Morgan fingerprint density at radius 1 is 1.29 bits per heavy atom. The van der Waals surface area contributed by atoms with E-state index in [1.807, 2.05) is 6.92 Å². The van der Waals surface area contributed by atoms with Crippen LogP contribution < -0.4 is 5.32 Å². The standard InChI is InChI=1S/C12H11N3O2/c1-8-4-5-9(7-14-8)15-12(17)11-10(16)3-2-6-13-11/h2-7,16H,1H3,(H,15,17). The third-order valence-corrected chi connectivity index (χ3v) is 2.17. The number of nitrogens with one attached hydrogen (secondary N) is 1. The van der Waals surface area contributed by atoms with E-state index < -0.39 is 5.91 Å². The predicted octanol–water partition coefficient (Wildman–Crippen LogP) is 1.74. The largest absolute Gasteiger partial charge is 0.505 e. The van der Waals surface area contributed by atoms with Crippen LogP contribution in [-0.2, 0) is 0 Å². The number of pyridine rings is 2. The molecule has 0 spiro atoms. The zero-order valence-corrected chi connectivity index (χ0v) is 9.21. The summed E-state index contributed by atoms with van der Waals surface area (Å²) in [6.07, 6.45) is 3.00. The molecule has 0 saturated carbocycles. The molecule has 0 unspecified atom stereocenters. The number of aromatic hydroxyl groups is 1. The van der Waals surface area contributed by atoms with E-state index in [2.05, 4.69) is 15.3 Å². The molecule has 0 fully saturated rings. The van der Waals surface area contributed by atoms with Crippen molar-refractivity contribution in [3.8, 4) is 5.75 Å². The highest BCUT2D eigenvalue weighted by molar-refractivity contribution is 6.04. The zero-order valence-electron chi connectivity index (χ0n) is 9.21. The fourth-order valence-corrected chi connectivity index (χ4v) is 1.30. The number of carbonyl (C=O) groups is 1. The summed E-state index contributed by atoms with van der Waals surface area (Å²) in [5.74, 6) is -0.612. The number of rotatable bonds is 2. The predicted molar refractivity (Wildman–Crippen MR) is 62.8 cm³/mol. The Kier molecular flexibility index (Phi) is 3.00. The molecule has 0 radical (unpaired) electrons. The van der Waals surface area contributed by atoms with Gasteiger partial charge in [-0.05, 0) is 31.2 Å². The Morgan fingerprint density at radius 2 is 2.12 bits per heavy atom. The number of anilines is 1. The molecular formula is C12H11N3O2. The summed E-state index contributed by atoms with van der Waals surface area (Å²) in [7, 11) is 0. The lowest BCUT2D eigenvalue weighted by Gasteiger charge is -2.05. The van der Waals surface area contributed by atoms with E-state index in [-0.39, 0.29) is 11.4 Å². The molecule has 0 saturated heterocycles. The van der Waals surface area contributed by atoms with Gasteiger partial charge in [-0.3, -0.25) is 9.78 Å². The first-order valence-electron chi connectivity index (χ1n) is 5.05. The summed E-state index contributed by atoms with van der Waals surface area (Å²) in [6.45, 7) is 1.86. The molecule has 86 valence electrons. The van der Waals surface area contributed by atoms with Crippen molar-refractivity contribution in [3.05, 3.63) is 48.0 Å². The van der Waals surface area contributed by atoms with Gasteiger partial charge in [0.05, 0.1) is 11.9 Å². The van der Waals surface area contributed by atoms with Crippen LogP contribution in [0.4, 0.5) is 5.69 Å². The summed E-state index contributed by atoms with van der Waals surface area (Å²) in [5, 5.41) is 12.1. The Labute approximate surface area is 98.2 Å². The molecule has 2 heterocycles. The monoisotopic (exact) mass is 229 g/mol. The quantitative estimate of drug-likeness (QED) is 0.822. The number of hydrogen-bond donors (Lipinski definition) is 2. The normalized spacial score (nSPS) is 9.94. The highest BCUT2D eigenvalue weighted by Crippen LogP contribution is 2.14. The second-order valence-electron chi connectivity index (χ2n) is 3.51. The second-order valence-corrected chi connectivity index (χ2v) is 3.51. The van der Waals surface area contributed by atoms with E-state index in [1.165, 1.54) is 12.3 Å². The summed E-state index contributed by atoms with van der Waals surface area (Å²) in [5.41, 5.74) is 1.42. The highest BCUT2D eigenvalue weighted by Gasteiger charge is 2.12. The molecule has 5 heteroatoms. The van der Waals surface area contributed by atoms with Crippen molar-refractivity contribution < 1.29 is 9.90 Å². The molecule has 17 heavy (non-hydrogen) atoms. The van der Waals surface area contributed by atoms with Gasteiger partial charge in [-0.25, -0.2) is 4.98 Å². The number of amides is 1. The van der Waals surface area contributed by atoms with Crippen molar-refractivity contribution in [1.29, 1.82) is 0 Å². The number of aromatic nitrogens is 2. The molecule has 5 nitrogen and oxygen atoms in total. The van der Waals surface area contributed by atoms with Crippen molar-refractivity contribution in [2.45, 2.75) is 6.92 Å². The summed E-state index contributed by atoms with van der Waals surface area (Å²) < 4.78 is 0. The van der Waals surface area contributed by atoms with Gasteiger partial charge in [0.25, 0.3) is 5.91 Å². The van der Waals surface area contributed by atoms with Crippen LogP contribution in [0.1, 0.15) is 16.2 Å². The van der Waals surface area contributed by atoms with E-state index >= 15 is 0 Å². The molecule has 2 aromatic heterocycles. The molecule has 2 aromatic rings. The first kappa shape index (κ1) is 11.1. The third kappa shape index (κ3) is 2.57. The second kappa shape index (κ2) is 4.61. The van der Waals surface area contributed by atoms with Crippen LogP contribution in [-0.4, -0.2) is 21.0 Å². The van der Waals surface area contributed by atoms with Crippen LogP contribution in [0.2, 0.25) is 0 Å². The third-order valence-electron chi connectivity index (χ3n) is 2.17. The summed E-state index contributed by atoms with van der Waals surface area (Å²) >= 11 is 0. The van der Waals surface area contributed by atoms with Gasteiger partial charge in [-0.1, -0.05) is 0 Å². The smallest absolute Gasteiger partial charge is 0.278 e. The summed E-state index contributed by atoms with van der Waals surface area (Å²) in [4.78, 5) is 19.6. The molecule has 2 N–H and O–H groups in total. The maximum absolute atomic E-state index is 11.8. The van der Waals surface area contributed by atoms with Crippen molar-refractivity contribution in [2.75, 3.05) is 5.32 Å². The minimum absolute atomic E-state index is 0.00641. The van der Waals surface area contributed by atoms with Crippen LogP contribution in [0.15, 0.2) is 36.7 Å². The van der Waals surface area contributed by atoms with Crippen LogP contribution in [0.25, 0.3) is 0 Å². The molecular weight excluding hydrogens is 218 g/mol. The molecule has 0 atom stereocenters.